The van der Waals surface area contributed by atoms with Crippen molar-refractivity contribution in [2.45, 2.75) is 12.5 Å². The average molecular weight is 290 g/mol. The number of pyridine rings is 1. The molecule has 0 amide bonds. The van der Waals surface area contributed by atoms with Crippen LogP contribution in [0.25, 0.3) is 10.9 Å². The number of hydrogen-bond acceptors (Lipinski definition) is 5. The van der Waals surface area contributed by atoms with Gasteiger partial charge in [-0.3, -0.25) is 4.98 Å². The molecule has 2 heterocycles. The molecule has 20 heavy (non-hydrogen) atoms. The van der Waals surface area contributed by atoms with Gasteiger partial charge in [-0.1, -0.05) is 17.7 Å². The number of aryl methyl sites for hydroxylation is 1. The molecule has 1 unspecified atom stereocenters. The normalized spacial score (nSPS) is 12.8. The molecule has 102 valence electrons. The third-order valence-electron chi connectivity index (χ3n) is 3.03. The molecule has 0 saturated heterocycles. The number of tetrazole rings is 1. The Labute approximate surface area is 120 Å². The lowest BCUT2D eigenvalue weighted by atomic mass is 10.0. The zero-order chi connectivity index (χ0) is 14.1. The van der Waals surface area contributed by atoms with Gasteiger partial charge in [0.05, 0.1) is 18.7 Å². The maximum absolute atomic E-state index is 10.4. The number of fused-ring (bicyclic) bond motifs is 1. The van der Waals surface area contributed by atoms with Crippen molar-refractivity contribution in [3.8, 4) is 0 Å². The summed E-state index contributed by atoms with van der Waals surface area (Å²) < 4.78 is 0. The van der Waals surface area contributed by atoms with E-state index < -0.39 is 6.10 Å². The van der Waals surface area contributed by atoms with Crippen LogP contribution < -0.4 is 0 Å². The Kier molecular flexibility index (Phi) is 3.33. The van der Waals surface area contributed by atoms with E-state index in [1.54, 1.807) is 25.4 Å². The van der Waals surface area contributed by atoms with Gasteiger partial charge in [-0.15, -0.1) is 10.2 Å². The molecular weight excluding hydrogens is 278 g/mol. The second-order valence-corrected chi connectivity index (χ2v) is 4.86. The summed E-state index contributed by atoms with van der Waals surface area (Å²) in [6.45, 7) is 0. The van der Waals surface area contributed by atoms with Crippen molar-refractivity contribution in [1.82, 2.24) is 25.2 Å². The highest BCUT2D eigenvalue weighted by Gasteiger charge is 2.16. The molecule has 3 aromatic rings. The van der Waals surface area contributed by atoms with Gasteiger partial charge in [0.2, 0.25) is 0 Å². The van der Waals surface area contributed by atoms with E-state index in [1.807, 2.05) is 12.1 Å². The summed E-state index contributed by atoms with van der Waals surface area (Å²) in [7, 11) is 1.68. The molecule has 0 fully saturated rings. The fourth-order valence-corrected chi connectivity index (χ4v) is 2.33. The molecule has 6 nitrogen and oxygen atoms in total. The van der Waals surface area contributed by atoms with Crippen LogP contribution in [-0.4, -0.2) is 30.3 Å². The van der Waals surface area contributed by atoms with Crippen LogP contribution in [0.5, 0.6) is 0 Å². The highest BCUT2D eigenvalue weighted by molar-refractivity contribution is 6.35. The van der Waals surface area contributed by atoms with E-state index in [2.05, 4.69) is 20.4 Å². The van der Waals surface area contributed by atoms with Crippen LogP contribution in [0.2, 0.25) is 5.02 Å². The first kappa shape index (κ1) is 13.0. The molecule has 2 aromatic heterocycles. The molecule has 0 aliphatic carbocycles. The van der Waals surface area contributed by atoms with E-state index in [4.69, 9.17) is 11.6 Å². The van der Waals surface area contributed by atoms with E-state index in [0.717, 1.165) is 5.39 Å². The van der Waals surface area contributed by atoms with Gasteiger partial charge in [0.1, 0.15) is 0 Å². The largest absolute Gasteiger partial charge is 0.388 e. The Hall–Kier alpha value is -2.05. The minimum atomic E-state index is -0.756. The van der Waals surface area contributed by atoms with Crippen LogP contribution in [0.15, 0.2) is 30.5 Å². The quantitative estimate of drug-likeness (QED) is 0.794. The van der Waals surface area contributed by atoms with Crippen LogP contribution in [-0.2, 0) is 13.5 Å². The molecule has 1 aromatic carbocycles. The number of aromatic nitrogens is 5. The van der Waals surface area contributed by atoms with Gasteiger partial charge < -0.3 is 5.11 Å². The number of aliphatic hydroxyl groups excluding tert-OH is 1. The molecule has 0 saturated carbocycles. The van der Waals surface area contributed by atoms with Crippen molar-refractivity contribution in [3.05, 3.63) is 46.9 Å². The first-order chi connectivity index (χ1) is 9.65. The van der Waals surface area contributed by atoms with Crippen LogP contribution >= 0.6 is 11.6 Å². The summed E-state index contributed by atoms with van der Waals surface area (Å²) in [4.78, 5) is 5.67. The first-order valence-electron chi connectivity index (χ1n) is 6.09. The SMILES string of the molecule is Cn1nnc(CC(O)c2ccc(Cl)c3cccnc23)n1. The zero-order valence-corrected chi connectivity index (χ0v) is 11.5. The maximum atomic E-state index is 10.4. The molecule has 0 radical (unpaired) electrons. The molecule has 1 atom stereocenters. The Morgan fingerprint density at radius 1 is 1.35 bits per heavy atom. The minimum Gasteiger partial charge on any atom is -0.388 e. The van der Waals surface area contributed by atoms with Crippen molar-refractivity contribution in [1.29, 1.82) is 0 Å². The Balaban J connectivity index is 1.99. The van der Waals surface area contributed by atoms with Gasteiger partial charge in [0.15, 0.2) is 5.82 Å². The summed E-state index contributed by atoms with van der Waals surface area (Å²) in [5, 5.41) is 23.5. The number of halogens is 1. The van der Waals surface area contributed by atoms with Gasteiger partial charge in [0, 0.05) is 28.6 Å². The molecule has 0 bridgehead atoms. The summed E-state index contributed by atoms with van der Waals surface area (Å²) in [6.07, 6.45) is 1.20. The van der Waals surface area contributed by atoms with E-state index in [1.165, 1.54) is 4.80 Å². The average Bonchev–Trinajstić information content (AvgIpc) is 2.84. The molecule has 1 N–H and O–H groups in total. The molecule has 0 aliphatic rings. The van der Waals surface area contributed by atoms with Crippen molar-refractivity contribution >= 4 is 22.5 Å². The minimum absolute atomic E-state index is 0.279. The Morgan fingerprint density at radius 2 is 2.20 bits per heavy atom. The summed E-state index contributed by atoms with van der Waals surface area (Å²) in [6, 6.07) is 7.23. The number of aliphatic hydroxyl groups is 1. The Morgan fingerprint density at radius 3 is 2.95 bits per heavy atom. The predicted octanol–water partition coefficient (Wildman–Crippen LogP) is 1.69. The highest BCUT2D eigenvalue weighted by Crippen LogP contribution is 2.29. The third-order valence-corrected chi connectivity index (χ3v) is 3.36. The second-order valence-electron chi connectivity index (χ2n) is 4.45. The van der Waals surface area contributed by atoms with Gasteiger partial charge in [-0.25, -0.2) is 0 Å². The van der Waals surface area contributed by atoms with Crippen LogP contribution in [0, 0.1) is 0 Å². The highest BCUT2D eigenvalue weighted by atomic mass is 35.5. The summed E-state index contributed by atoms with van der Waals surface area (Å²) >= 11 is 6.14. The number of benzene rings is 1. The molecule has 3 rings (SSSR count). The predicted molar refractivity (Wildman–Crippen MR) is 74.2 cm³/mol. The topological polar surface area (TPSA) is 76.7 Å². The van der Waals surface area contributed by atoms with E-state index in [-0.39, 0.29) is 6.42 Å². The van der Waals surface area contributed by atoms with E-state index in [0.29, 0.717) is 21.9 Å². The van der Waals surface area contributed by atoms with Crippen molar-refractivity contribution in [3.63, 3.8) is 0 Å². The first-order valence-corrected chi connectivity index (χ1v) is 6.47. The zero-order valence-electron chi connectivity index (χ0n) is 10.7. The maximum Gasteiger partial charge on any atom is 0.177 e. The monoisotopic (exact) mass is 289 g/mol. The number of nitrogens with zero attached hydrogens (tertiary/aromatic N) is 5. The van der Waals surface area contributed by atoms with E-state index in [9.17, 15) is 5.11 Å². The number of hydrogen-bond donors (Lipinski definition) is 1. The lowest BCUT2D eigenvalue weighted by Gasteiger charge is -2.12. The fourth-order valence-electron chi connectivity index (χ4n) is 2.12. The van der Waals surface area contributed by atoms with Gasteiger partial charge in [0.25, 0.3) is 0 Å². The molecular formula is C13H12ClN5O. The van der Waals surface area contributed by atoms with Gasteiger partial charge in [-0.2, -0.15) is 4.80 Å². The summed E-state index contributed by atoms with van der Waals surface area (Å²) in [5.41, 5.74) is 1.40. The van der Waals surface area contributed by atoms with Gasteiger partial charge >= 0.3 is 0 Å². The van der Waals surface area contributed by atoms with Crippen molar-refractivity contribution in [2.75, 3.05) is 0 Å². The van der Waals surface area contributed by atoms with Crippen molar-refractivity contribution in [2.24, 2.45) is 7.05 Å². The lowest BCUT2D eigenvalue weighted by molar-refractivity contribution is 0.177. The van der Waals surface area contributed by atoms with Crippen LogP contribution in [0.1, 0.15) is 17.5 Å². The standard InChI is InChI=1S/C13H12ClN5O/c1-19-17-12(16-18-19)7-11(20)9-4-5-10(14)8-3-2-6-15-13(8)9/h2-6,11,20H,7H2,1H3. The van der Waals surface area contributed by atoms with Crippen LogP contribution in [0.4, 0.5) is 0 Å². The van der Waals surface area contributed by atoms with E-state index >= 15 is 0 Å². The fraction of sp³-hybridized carbons (Fsp3) is 0.231. The molecule has 7 heteroatoms. The lowest BCUT2D eigenvalue weighted by Crippen LogP contribution is -2.05. The van der Waals surface area contributed by atoms with Crippen LogP contribution in [0.3, 0.4) is 0 Å². The second kappa shape index (κ2) is 5.15. The number of rotatable bonds is 3. The summed E-state index contributed by atoms with van der Waals surface area (Å²) in [5.74, 6) is 0.485. The molecule has 0 aliphatic heterocycles. The third kappa shape index (κ3) is 2.35. The smallest absolute Gasteiger partial charge is 0.177 e. The Bertz CT molecular complexity index is 757. The van der Waals surface area contributed by atoms with Crippen molar-refractivity contribution < 1.29 is 5.11 Å². The molecule has 0 spiro atoms. The van der Waals surface area contributed by atoms with Gasteiger partial charge in [-0.05, 0) is 23.4 Å².